The molecule has 0 aliphatic rings. The third-order valence-corrected chi connectivity index (χ3v) is 5.55. The Bertz CT molecular complexity index is 1050. The number of nitrogens with one attached hydrogen (secondary N) is 2. The molecule has 0 saturated carbocycles. The molecule has 0 spiro atoms. The summed E-state index contributed by atoms with van der Waals surface area (Å²) in [7, 11) is 0. The van der Waals surface area contributed by atoms with Gasteiger partial charge in [-0.1, -0.05) is 74.5 Å². The molecule has 1 unspecified atom stereocenters. The van der Waals surface area contributed by atoms with Crippen LogP contribution in [0.3, 0.4) is 0 Å². The van der Waals surface area contributed by atoms with Crippen molar-refractivity contribution in [1.82, 2.24) is 5.32 Å². The van der Waals surface area contributed by atoms with Crippen molar-refractivity contribution in [2.24, 2.45) is 5.92 Å². The maximum atomic E-state index is 12.7. The van der Waals surface area contributed by atoms with E-state index in [0.29, 0.717) is 12.5 Å². The van der Waals surface area contributed by atoms with Crippen LogP contribution in [0.25, 0.3) is 0 Å². The van der Waals surface area contributed by atoms with E-state index in [2.05, 4.69) is 48.7 Å². The molecule has 1 atom stereocenters. The van der Waals surface area contributed by atoms with E-state index in [0.717, 1.165) is 29.8 Å². The molecule has 0 bridgehead atoms. The van der Waals surface area contributed by atoms with Gasteiger partial charge in [0.05, 0.1) is 12.5 Å². The van der Waals surface area contributed by atoms with Gasteiger partial charge in [-0.3, -0.25) is 4.79 Å². The minimum atomic E-state index is -0.300. The Morgan fingerprint density at radius 3 is 2.33 bits per heavy atom. The molecule has 5 heteroatoms. The molecular formula is C28H32N2O2S. The van der Waals surface area contributed by atoms with Crippen LogP contribution in [0, 0.1) is 5.92 Å². The number of carbonyl (C=O) groups is 1. The highest BCUT2D eigenvalue weighted by molar-refractivity contribution is 7.80. The molecule has 0 heterocycles. The van der Waals surface area contributed by atoms with E-state index in [4.69, 9.17) is 17.0 Å². The summed E-state index contributed by atoms with van der Waals surface area (Å²) in [5, 5.41) is 6.14. The SMILES string of the molecule is CC(C)Cc1ccc(C(C)C(=O)NC(=S)Nc2cccc(OCCc3ccccc3)c2)cc1. The average molecular weight is 461 g/mol. The highest BCUT2D eigenvalue weighted by atomic mass is 32.1. The first kappa shape index (κ1) is 24.5. The molecule has 0 aliphatic carbocycles. The topological polar surface area (TPSA) is 50.4 Å². The van der Waals surface area contributed by atoms with E-state index in [1.165, 1.54) is 11.1 Å². The van der Waals surface area contributed by atoms with Crippen LogP contribution >= 0.6 is 12.2 Å². The summed E-state index contributed by atoms with van der Waals surface area (Å²) in [4.78, 5) is 12.7. The molecule has 0 aliphatic heterocycles. The van der Waals surface area contributed by atoms with Crippen LogP contribution in [-0.4, -0.2) is 17.6 Å². The Morgan fingerprint density at radius 1 is 0.909 bits per heavy atom. The molecule has 2 N–H and O–H groups in total. The molecule has 3 aromatic rings. The van der Waals surface area contributed by atoms with Crippen molar-refractivity contribution < 1.29 is 9.53 Å². The van der Waals surface area contributed by atoms with Gasteiger partial charge in [0.25, 0.3) is 0 Å². The number of hydrogen-bond acceptors (Lipinski definition) is 3. The van der Waals surface area contributed by atoms with Gasteiger partial charge < -0.3 is 15.4 Å². The first-order chi connectivity index (χ1) is 15.9. The van der Waals surface area contributed by atoms with Crippen molar-refractivity contribution in [3.05, 3.63) is 95.6 Å². The second-order valence-electron chi connectivity index (χ2n) is 8.62. The molecule has 1 amide bonds. The lowest BCUT2D eigenvalue weighted by Crippen LogP contribution is -2.36. The van der Waals surface area contributed by atoms with Crippen molar-refractivity contribution >= 4 is 28.9 Å². The maximum Gasteiger partial charge on any atom is 0.233 e. The van der Waals surface area contributed by atoms with Gasteiger partial charge in [0.1, 0.15) is 5.75 Å². The van der Waals surface area contributed by atoms with Gasteiger partial charge in [-0.2, -0.15) is 0 Å². The summed E-state index contributed by atoms with van der Waals surface area (Å²) in [5.41, 5.74) is 4.25. The molecule has 172 valence electrons. The number of carbonyl (C=O) groups excluding carboxylic acids is 1. The van der Waals surface area contributed by atoms with Crippen LogP contribution in [0.4, 0.5) is 5.69 Å². The van der Waals surface area contributed by atoms with Crippen LogP contribution in [0.1, 0.15) is 43.4 Å². The van der Waals surface area contributed by atoms with Gasteiger partial charge in [0.2, 0.25) is 5.91 Å². The lowest BCUT2D eigenvalue weighted by Gasteiger charge is -2.15. The minimum Gasteiger partial charge on any atom is -0.493 e. The summed E-state index contributed by atoms with van der Waals surface area (Å²) in [6, 6.07) is 26.0. The molecule has 33 heavy (non-hydrogen) atoms. The summed E-state index contributed by atoms with van der Waals surface area (Å²) < 4.78 is 5.87. The molecule has 3 rings (SSSR count). The number of hydrogen-bond donors (Lipinski definition) is 2. The first-order valence-corrected chi connectivity index (χ1v) is 11.8. The minimum absolute atomic E-state index is 0.139. The van der Waals surface area contributed by atoms with Gasteiger partial charge >= 0.3 is 0 Å². The smallest absolute Gasteiger partial charge is 0.233 e. The van der Waals surface area contributed by atoms with Gasteiger partial charge in [0, 0.05) is 18.2 Å². The Labute approximate surface area is 202 Å². The summed E-state index contributed by atoms with van der Waals surface area (Å²) in [5.74, 6) is 0.914. The second-order valence-corrected chi connectivity index (χ2v) is 9.02. The fourth-order valence-electron chi connectivity index (χ4n) is 3.54. The number of anilines is 1. The number of amides is 1. The quantitative estimate of drug-likeness (QED) is 0.378. The van der Waals surface area contributed by atoms with E-state index >= 15 is 0 Å². The van der Waals surface area contributed by atoms with Crippen molar-refractivity contribution in [3.8, 4) is 5.75 Å². The predicted octanol–water partition coefficient (Wildman–Crippen LogP) is 6.12. The fourth-order valence-corrected chi connectivity index (χ4v) is 3.76. The van der Waals surface area contributed by atoms with Crippen molar-refractivity contribution in [1.29, 1.82) is 0 Å². The van der Waals surface area contributed by atoms with E-state index < -0.39 is 0 Å². The van der Waals surface area contributed by atoms with E-state index in [-0.39, 0.29) is 16.9 Å². The van der Waals surface area contributed by atoms with Crippen LogP contribution in [0.5, 0.6) is 5.75 Å². The van der Waals surface area contributed by atoms with E-state index in [1.54, 1.807) is 0 Å². The van der Waals surface area contributed by atoms with E-state index in [1.807, 2.05) is 61.5 Å². The standard InChI is InChI=1S/C28H32N2O2S/c1-20(2)18-23-12-14-24(15-13-23)21(3)27(31)30-28(33)29-25-10-7-11-26(19-25)32-17-16-22-8-5-4-6-9-22/h4-15,19-21H,16-18H2,1-3H3,(H2,29,30,31,33). The van der Waals surface area contributed by atoms with Crippen LogP contribution in [0.2, 0.25) is 0 Å². The number of rotatable bonds is 9. The highest BCUT2D eigenvalue weighted by Gasteiger charge is 2.16. The van der Waals surface area contributed by atoms with Gasteiger partial charge in [-0.05, 0) is 60.3 Å². The zero-order valence-corrected chi connectivity index (χ0v) is 20.3. The number of ether oxygens (including phenoxy) is 1. The van der Waals surface area contributed by atoms with Crippen LogP contribution in [-0.2, 0) is 17.6 Å². The van der Waals surface area contributed by atoms with Gasteiger partial charge in [-0.15, -0.1) is 0 Å². The Morgan fingerprint density at radius 2 is 1.64 bits per heavy atom. The van der Waals surface area contributed by atoms with Crippen LogP contribution < -0.4 is 15.4 Å². The predicted molar refractivity (Wildman–Crippen MR) is 140 cm³/mol. The normalized spacial score (nSPS) is 11.6. The molecule has 4 nitrogen and oxygen atoms in total. The van der Waals surface area contributed by atoms with Crippen molar-refractivity contribution in [3.63, 3.8) is 0 Å². The largest absolute Gasteiger partial charge is 0.493 e. The second kappa shape index (κ2) is 12.2. The lowest BCUT2D eigenvalue weighted by atomic mass is 9.96. The molecular weight excluding hydrogens is 428 g/mol. The Kier molecular flexibility index (Phi) is 9.02. The molecule has 0 fully saturated rings. The third kappa shape index (κ3) is 8.03. The van der Waals surface area contributed by atoms with Crippen molar-refractivity contribution in [2.75, 3.05) is 11.9 Å². The fraction of sp³-hybridized carbons (Fsp3) is 0.286. The van der Waals surface area contributed by atoms with Gasteiger partial charge in [-0.25, -0.2) is 0 Å². The molecule has 3 aromatic carbocycles. The third-order valence-electron chi connectivity index (χ3n) is 5.35. The Balaban J connectivity index is 1.49. The lowest BCUT2D eigenvalue weighted by molar-refractivity contribution is -0.120. The zero-order chi connectivity index (χ0) is 23.6. The summed E-state index contributed by atoms with van der Waals surface area (Å²) in [6.45, 7) is 6.87. The first-order valence-electron chi connectivity index (χ1n) is 11.4. The zero-order valence-electron chi connectivity index (χ0n) is 19.5. The Hall–Kier alpha value is -3.18. The number of thiocarbonyl (C=S) groups is 1. The van der Waals surface area contributed by atoms with E-state index in [9.17, 15) is 4.79 Å². The maximum absolute atomic E-state index is 12.7. The van der Waals surface area contributed by atoms with Crippen molar-refractivity contribution in [2.45, 2.75) is 39.5 Å². The highest BCUT2D eigenvalue weighted by Crippen LogP contribution is 2.19. The number of benzene rings is 3. The average Bonchev–Trinajstić information content (AvgIpc) is 2.79. The summed E-state index contributed by atoms with van der Waals surface area (Å²) in [6.07, 6.45) is 1.87. The monoisotopic (exact) mass is 460 g/mol. The summed E-state index contributed by atoms with van der Waals surface area (Å²) >= 11 is 5.36. The molecule has 0 saturated heterocycles. The molecule has 0 aromatic heterocycles. The molecule has 0 radical (unpaired) electrons. The van der Waals surface area contributed by atoms with Crippen LogP contribution in [0.15, 0.2) is 78.9 Å². The van der Waals surface area contributed by atoms with Gasteiger partial charge in [0.15, 0.2) is 5.11 Å².